The summed E-state index contributed by atoms with van der Waals surface area (Å²) in [7, 11) is 1.65. The lowest BCUT2D eigenvalue weighted by Crippen LogP contribution is -2.32. The molecule has 18 heavy (non-hydrogen) atoms. The minimum atomic E-state index is -0.0339. The summed E-state index contributed by atoms with van der Waals surface area (Å²) >= 11 is 6.66. The zero-order valence-electron chi connectivity index (χ0n) is 10.4. The van der Waals surface area contributed by atoms with Gasteiger partial charge in [0.15, 0.2) is 0 Å². The molecule has 0 saturated carbocycles. The molecule has 1 aliphatic heterocycles. The number of hydrogen-bond acceptors (Lipinski definition) is 4. The summed E-state index contributed by atoms with van der Waals surface area (Å²) in [5, 5.41) is -0.0339. The Bertz CT molecular complexity index is 459. The Hall–Kier alpha value is -1.07. The summed E-state index contributed by atoms with van der Waals surface area (Å²) < 4.78 is 5.80. The fraction of sp³-hybridized carbons (Fsp3) is 0.385. The molecule has 0 N–H and O–H groups in total. The second-order valence-corrected chi connectivity index (χ2v) is 6.09. The molecule has 1 aromatic rings. The first kappa shape index (κ1) is 13.4. The molecule has 2 rings (SSSR count). The molecule has 0 radical (unpaired) electrons. The van der Waals surface area contributed by atoms with Gasteiger partial charge in [0.25, 0.3) is 0 Å². The normalized spacial score (nSPS) is 19.4. The SMILES string of the molecule is COc1ccc(CCN2C(=O)[C@H](C)SC2=S)cc1. The molecule has 1 amide bonds. The van der Waals surface area contributed by atoms with E-state index in [2.05, 4.69) is 0 Å². The van der Waals surface area contributed by atoms with Crippen LogP contribution < -0.4 is 4.74 Å². The van der Waals surface area contributed by atoms with Crippen LogP contribution in [0.3, 0.4) is 0 Å². The molecule has 1 saturated heterocycles. The maximum absolute atomic E-state index is 11.8. The van der Waals surface area contributed by atoms with Crippen molar-refractivity contribution < 1.29 is 9.53 Å². The van der Waals surface area contributed by atoms with Crippen molar-refractivity contribution in [2.24, 2.45) is 0 Å². The summed E-state index contributed by atoms with van der Waals surface area (Å²) in [5.41, 5.74) is 1.18. The molecule has 1 atom stereocenters. The summed E-state index contributed by atoms with van der Waals surface area (Å²) in [4.78, 5) is 13.5. The quantitative estimate of drug-likeness (QED) is 0.793. The number of amides is 1. The largest absolute Gasteiger partial charge is 0.497 e. The lowest BCUT2D eigenvalue weighted by atomic mass is 10.1. The highest BCUT2D eigenvalue weighted by atomic mass is 32.2. The first-order valence-corrected chi connectivity index (χ1v) is 7.05. The van der Waals surface area contributed by atoms with Crippen LogP contribution in [0.4, 0.5) is 0 Å². The third-order valence-corrected chi connectivity index (χ3v) is 4.38. The number of ether oxygens (including phenoxy) is 1. The maximum atomic E-state index is 11.8. The van der Waals surface area contributed by atoms with Gasteiger partial charge in [-0.15, -0.1) is 0 Å². The molecule has 0 aromatic heterocycles. The second-order valence-electron chi connectivity index (χ2n) is 4.11. The number of carbonyl (C=O) groups excluding carboxylic acids is 1. The van der Waals surface area contributed by atoms with Crippen LogP contribution in [0.5, 0.6) is 5.75 Å². The van der Waals surface area contributed by atoms with Gasteiger partial charge < -0.3 is 4.74 Å². The minimum absolute atomic E-state index is 0.0339. The van der Waals surface area contributed by atoms with E-state index in [0.29, 0.717) is 10.9 Å². The fourth-order valence-corrected chi connectivity index (χ4v) is 3.26. The molecular formula is C13H15NO2S2. The maximum Gasteiger partial charge on any atom is 0.241 e. The number of benzene rings is 1. The number of thiocarbonyl (C=S) groups is 1. The Morgan fingerprint density at radius 3 is 2.56 bits per heavy atom. The van der Waals surface area contributed by atoms with Crippen molar-refractivity contribution in [3.05, 3.63) is 29.8 Å². The summed E-state index contributed by atoms with van der Waals surface area (Å²) in [6.07, 6.45) is 0.809. The average Bonchev–Trinajstić information content (AvgIpc) is 2.62. The third-order valence-electron chi connectivity index (χ3n) is 2.89. The Kier molecular flexibility index (Phi) is 4.24. The van der Waals surface area contributed by atoms with Gasteiger partial charge in [0.05, 0.1) is 12.4 Å². The van der Waals surface area contributed by atoms with Crippen molar-refractivity contribution in [3.8, 4) is 5.75 Å². The van der Waals surface area contributed by atoms with Gasteiger partial charge in [-0.05, 0) is 31.0 Å². The fourth-order valence-electron chi connectivity index (χ4n) is 1.81. The van der Waals surface area contributed by atoms with E-state index in [9.17, 15) is 4.79 Å². The molecule has 1 aromatic carbocycles. The van der Waals surface area contributed by atoms with Gasteiger partial charge in [0, 0.05) is 6.54 Å². The molecule has 1 heterocycles. The Labute approximate surface area is 116 Å². The first-order valence-electron chi connectivity index (χ1n) is 5.76. The van der Waals surface area contributed by atoms with Crippen molar-refractivity contribution in [2.75, 3.05) is 13.7 Å². The highest BCUT2D eigenvalue weighted by molar-refractivity contribution is 8.24. The van der Waals surface area contributed by atoms with E-state index < -0.39 is 0 Å². The molecule has 0 aliphatic carbocycles. The van der Waals surface area contributed by atoms with Crippen molar-refractivity contribution in [1.82, 2.24) is 4.90 Å². The van der Waals surface area contributed by atoms with Crippen LogP contribution in [0.25, 0.3) is 0 Å². The van der Waals surface area contributed by atoms with Crippen molar-refractivity contribution in [1.29, 1.82) is 0 Å². The third kappa shape index (κ3) is 2.84. The average molecular weight is 281 g/mol. The monoisotopic (exact) mass is 281 g/mol. The van der Waals surface area contributed by atoms with Crippen LogP contribution >= 0.6 is 24.0 Å². The van der Waals surface area contributed by atoms with E-state index in [-0.39, 0.29) is 11.2 Å². The van der Waals surface area contributed by atoms with Gasteiger partial charge in [-0.25, -0.2) is 0 Å². The number of nitrogens with zero attached hydrogens (tertiary/aromatic N) is 1. The van der Waals surface area contributed by atoms with Crippen LogP contribution in [0.1, 0.15) is 12.5 Å². The molecule has 0 bridgehead atoms. The number of methoxy groups -OCH3 is 1. The molecule has 96 valence electrons. The summed E-state index contributed by atoms with van der Waals surface area (Å²) in [5.74, 6) is 0.967. The van der Waals surface area contributed by atoms with Crippen LogP contribution in [-0.4, -0.2) is 34.0 Å². The lowest BCUT2D eigenvalue weighted by Gasteiger charge is -2.15. The topological polar surface area (TPSA) is 29.5 Å². The lowest BCUT2D eigenvalue weighted by molar-refractivity contribution is -0.125. The van der Waals surface area contributed by atoms with Crippen LogP contribution in [0, 0.1) is 0 Å². The molecule has 5 heteroatoms. The standard InChI is InChI=1S/C13H15NO2S2/c1-9-12(15)14(13(17)18-9)8-7-10-3-5-11(16-2)6-4-10/h3-6,9H,7-8H2,1-2H3/t9-/m0/s1. The minimum Gasteiger partial charge on any atom is -0.497 e. The van der Waals surface area contributed by atoms with E-state index in [4.69, 9.17) is 17.0 Å². The van der Waals surface area contributed by atoms with Gasteiger partial charge >= 0.3 is 0 Å². The number of thioether (sulfide) groups is 1. The smallest absolute Gasteiger partial charge is 0.241 e. The van der Waals surface area contributed by atoms with Gasteiger partial charge in [0.2, 0.25) is 5.91 Å². The Morgan fingerprint density at radius 2 is 2.06 bits per heavy atom. The summed E-state index contributed by atoms with van der Waals surface area (Å²) in [6, 6.07) is 7.88. The van der Waals surface area contributed by atoms with Crippen LogP contribution in [0.15, 0.2) is 24.3 Å². The zero-order valence-corrected chi connectivity index (χ0v) is 12.0. The Morgan fingerprint density at radius 1 is 1.39 bits per heavy atom. The highest BCUT2D eigenvalue weighted by Crippen LogP contribution is 2.26. The highest BCUT2D eigenvalue weighted by Gasteiger charge is 2.32. The van der Waals surface area contributed by atoms with Crippen LogP contribution in [0.2, 0.25) is 0 Å². The van der Waals surface area contributed by atoms with Gasteiger partial charge in [-0.1, -0.05) is 36.1 Å². The van der Waals surface area contributed by atoms with E-state index in [1.807, 2.05) is 31.2 Å². The van der Waals surface area contributed by atoms with Gasteiger partial charge in [-0.3, -0.25) is 9.69 Å². The molecule has 0 spiro atoms. The van der Waals surface area contributed by atoms with Crippen LogP contribution in [-0.2, 0) is 11.2 Å². The Balaban J connectivity index is 1.95. The molecule has 3 nitrogen and oxygen atoms in total. The van der Waals surface area contributed by atoms with Crippen molar-refractivity contribution >= 4 is 34.2 Å². The molecule has 1 fully saturated rings. The predicted octanol–water partition coefficient (Wildman–Crippen LogP) is 2.49. The van der Waals surface area contributed by atoms with Crippen molar-refractivity contribution in [3.63, 3.8) is 0 Å². The summed E-state index contributed by atoms with van der Waals surface area (Å²) in [6.45, 7) is 2.55. The van der Waals surface area contributed by atoms with Gasteiger partial charge in [-0.2, -0.15) is 0 Å². The van der Waals surface area contributed by atoms with E-state index >= 15 is 0 Å². The van der Waals surface area contributed by atoms with E-state index in [0.717, 1.165) is 12.2 Å². The number of rotatable bonds is 4. The predicted molar refractivity (Wildman–Crippen MR) is 78.1 cm³/mol. The first-order chi connectivity index (χ1) is 8.61. The second kappa shape index (κ2) is 5.71. The van der Waals surface area contributed by atoms with E-state index in [1.54, 1.807) is 12.0 Å². The number of carbonyl (C=O) groups is 1. The number of hydrogen-bond donors (Lipinski definition) is 0. The van der Waals surface area contributed by atoms with Crippen molar-refractivity contribution in [2.45, 2.75) is 18.6 Å². The molecule has 0 unspecified atom stereocenters. The molecular weight excluding hydrogens is 266 g/mol. The molecule has 1 aliphatic rings. The van der Waals surface area contributed by atoms with Gasteiger partial charge in [0.1, 0.15) is 10.1 Å². The zero-order chi connectivity index (χ0) is 13.1. The van der Waals surface area contributed by atoms with E-state index in [1.165, 1.54) is 17.3 Å².